The Labute approximate surface area is 111 Å². The minimum Gasteiger partial charge on any atom is -0.506 e. The van der Waals surface area contributed by atoms with Gasteiger partial charge in [0.1, 0.15) is 5.75 Å². The minimum absolute atomic E-state index is 0.447. The molecule has 3 heteroatoms. The normalized spacial score (nSPS) is 14.7. The predicted molar refractivity (Wildman–Crippen MR) is 74.4 cm³/mol. The predicted octanol–water partition coefficient (Wildman–Crippen LogP) is 3.31. The highest BCUT2D eigenvalue weighted by molar-refractivity contribution is 9.10. The van der Waals surface area contributed by atoms with Crippen LogP contribution >= 0.6 is 15.9 Å². The summed E-state index contributed by atoms with van der Waals surface area (Å²) in [6.45, 7) is 0.733. The molecule has 0 radical (unpaired) electrons. The maximum atomic E-state index is 10.2. The van der Waals surface area contributed by atoms with Crippen LogP contribution in [0.2, 0.25) is 0 Å². The summed E-state index contributed by atoms with van der Waals surface area (Å²) >= 11 is 3.46. The van der Waals surface area contributed by atoms with Gasteiger partial charge in [-0.15, -0.1) is 0 Å². The largest absolute Gasteiger partial charge is 0.506 e. The Morgan fingerprint density at radius 3 is 2.76 bits per heavy atom. The Balaban J connectivity index is 2.30. The lowest BCUT2D eigenvalue weighted by molar-refractivity contribution is 0.460. The first-order valence-electron chi connectivity index (χ1n) is 6.46. The standard InChI is InChI=1S/C14H20BrNO/c15-13-9-10-5-1-2-6-11(10)12(14(13)17)7-3-4-8-16/h9,17H,1-8,16H2. The molecule has 2 rings (SSSR count). The van der Waals surface area contributed by atoms with Crippen LogP contribution in [-0.4, -0.2) is 11.7 Å². The Hall–Kier alpha value is -0.540. The van der Waals surface area contributed by atoms with E-state index in [4.69, 9.17) is 5.73 Å². The molecule has 0 unspecified atom stereocenters. The quantitative estimate of drug-likeness (QED) is 0.838. The Bertz CT molecular complexity index is 404. The molecule has 3 N–H and O–H groups in total. The first-order chi connectivity index (χ1) is 8.24. The zero-order valence-corrected chi connectivity index (χ0v) is 11.7. The maximum Gasteiger partial charge on any atom is 0.133 e. The van der Waals surface area contributed by atoms with E-state index in [1.54, 1.807) is 0 Å². The van der Waals surface area contributed by atoms with Crippen molar-refractivity contribution in [1.82, 2.24) is 0 Å². The van der Waals surface area contributed by atoms with Crippen LogP contribution in [-0.2, 0) is 19.3 Å². The average Bonchev–Trinajstić information content (AvgIpc) is 2.34. The summed E-state index contributed by atoms with van der Waals surface area (Å²) in [7, 11) is 0. The summed E-state index contributed by atoms with van der Waals surface area (Å²) in [5.41, 5.74) is 9.50. The number of halogens is 1. The van der Waals surface area contributed by atoms with Crippen LogP contribution in [0, 0.1) is 0 Å². The van der Waals surface area contributed by atoms with Crippen molar-refractivity contribution < 1.29 is 5.11 Å². The van der Waals surface area contributed by atoms with E-state index >= 15 is 0 Å². The van der Waals surface area contributed by atoms with Crippen molar-refractivity contribution in [3.05, 3.63) is 27.2 Å². The van der Waals surface area contributed by atoms with Crippen molar-refractivity contribution >= 4 is 15.9 Å². The molecule has 0 aromatic heterocycles. The number of hydrogen-bond donors (Lipinski definition) is 2. The van der Waals surface area contributed by atoms with E-state index in [1.807, 2.05) is 0 Å². The molecule has 0 amide bonds. The van der Waals surface area contributed by atoms with Crippen molar-refractivity contribution in [3.8, 4) is 5.75 Å². The summed E-state index contributed by atoms with van der Waals surface area (Å²) in [6, 6.07) is 2.09. The lowest BCUT2D eigenvalue weighted by atomic mass is 9.86. The molecule has 94 valence electrons. The van der Waals surface area contributed by atoms with Gasteiger partial charge in [-0.2, -0.15) is 0 Å². The first kappa shape index (κ1) is 12.9. The summed E-state index contributed by atoms with van der Waals surface area (Å²) in [6.07, 6.45) is 7.83. The van der Waals surface area contributed by atoms with Crippen LogP contribution in [0.4, 0.5) is 0 Å². The second-order valence-corrected chi connectivity index (χ2v) is 5.63. The van der Waals surface area contributed by atoms with Crippen LogP contribution in [0.25, 0.3) is 0 Å². The Morgan fingerprint density at radius 2 is 2.00 bits per heavy atom. The number of aromatic hydroxyl groups is 1. The van der Waals surface area contributed by atoms with Crippen molar-refractivity contribution in [2.75, 3.05) is 6.54 Å². The van der Waals surface area contributed by atoms with E-state index in [9.17, 15) is 5.11 Å². The number of phenolic OH excluding ortho intramolecular Hbond substituents is 1. The van der Waals surface area contributed by atoms with Crippen molar-refractivity contribution in [2.45, 2.75) is 44.9 Å². The second-order valence-electron chi connectivity index (χ2n) is 4.78. The lowest BCUT2D eigenvalue weighted by Crippen LogP contribution is -2.08. The van der Waals surface area contributed by atoms with Crippen molar-refractivity contribution in [2.24, 2.45) is 5.73 Å². The Morgan fingerprint density at radius 1 is 1.24 bits per heavy atom. The van der Waals surface area contributed by atoms with E-state index in [2.05, 4.69) is 22.0 Å². The number of nitrogens with two attached hydrogens (primary N) is 1. The second kappa shape index (κ2) is 5.87. The van der Waals surface area contributed by atoms with Crippen LogP contribution in [0.3, 0.4) is 0 Å². The number of benzene rings is 1. The van der Waals surface area contributed by atoms with Gasteiger partial charge in [0, 0.05) is 0 Å². The summed E-state index contributed by atoms with van der Waals surface area (Å²) in [4.78, 5) is 0. The summed E-state index contributed by atoms with van der Waals surface area (Å²) < 4.78 is 0.848. The van der Waals surface area contributed by atoms with Gasteiger partial charge >= 0.3 is 0 Å². The molecule has 0 spiro atoms. The summed E-state index contributed by atoms with van der Waals surface area (Å²) in [5.74, 6) is 0.447. The zero-order valence-electron chi connectivity index (χ0n) is 10.1. The summed E-state index contributed by atoms with van der Waals surface area (Å²) in [5, 5.41) is 10.2. The van der Waals surface area contributed by atoms with E-state index in [0.717, 1.165) is 48.7 Å². The molecule has 1 aromatic carbocycles. The fourth-order valence-corrected chi connectivity index (χ4v) is 3.17. The fourth-order valence-electron chi connectivity index (χ4n) is 2.66. The van der Waals surface area contributed by atoms with Crippen LogP contribution in [0.15, 0.2) is 10.5 Å². The molecule has 0 aliphatic heterocycles. The molecular weight excluding hydrogens is 278 g/mol. The highest BCUT2D eigenvalue weighted by atomic mass is 79.9. The van der Waals surface area contributed by atoms with Gasteiger partial charge in [0.05, 0.1) is 4.47 Å². The Kier molecular flexibility index (Phi) is 4.46. The number of aryl methyl sites for hydroxylation is 1. The van der Waals surface area contributed by atoms with Gasteiger partial charge < -0.3 is 10.8 Å². The van der Waals surface area contributed by atoms with Gasteiger partial charge in [-0.25, -0.2) is 0 Å². The van der Waals surface area contributed by atoms with Crippen molar-refractivity contribution in [1.29, 1.82) is 0 Å². The molecule has 1 aliphatic carbocycles. The third-order valence-corrected chi connectivity index (χ3v) is 4.17. The van der Waals surface area contributed by atoms with E-state index in [0.29, 0.717) is 5.75 Å². The number of fused-ring (bicyclic) bond motifs is 1. The molecule has 0 heterocycles. The first-order valence-corrected chi connectivity index (χ1v) is 7.25. The van der Waals surface area contributed by atoms with E-state index < -0.39 is 0 Å². The van der Waals surface area contributed by atoms with Crippen LogP contribution in [0.1, 0.15) is 42.4 Å². The van der Waals surface area contributed by atoms with Crippen molar-refractivity contribution in [3.63, 3.8) is 0 Å². The molecule has 0 saturated heterocycles. The maximum absolute atomic E-state index is 10.2. The molecule has 0 saturated carbocycles. The number of phenols is 1. The monoisotopic (exact) mass is 297 g/mol. The highest BCUT2D eigenvalue weighted by Crippen LogP contribution is 2.37. The fraction of sp³-hybridized carbons (Fsp3) is 0.571. The molecule has 17 heavy (non-hydrogen) atoms. The average molecular weight is 298 g/mol. The molecule has 0 fully saturated rings. The molecular formula is C14H20BrNO. The smallest absolute Gasteiger partial charge is 0.133 e. The van der Waals surface area contributed by atoms with Gasteiger partial charge in [0.2, 0.25) is 0 Å². The van der Waals surface area contributed by atoms with Gasteiger partial charge in [-0.1, -0.05) is 0 Å². The third-order valence-electron chi connectivity index (χ3n) is 3.57. The van der Waals surface area contributed by atoms with Gasteiger partial charge in [0.25, 0.3) is 0 Å². The molecule has 1 aromatic rings. The SMILES string of the molecule is NCCCCc1c(O)c(Br)cc2c1CCCC2. The van der Waals surface area contributed by atoms with E-state index in [1.165, 1.54) is 24.0 Å². The third kappa shape index (κ3) is 2.83. The van der Waals surface area contributed by atoms with Crippen LogP contribution in [0.5, 0.6) is 5.75 Å². The zero-order chi connectivity index (χ0) is 12.3. The van der Waals surface area contributed by atoms with Gasteiger partial charge in [-0.3, -0.25) is 0 Å². The topological polar surface area (TPSA) is 46.2 Å². The van der Waals surface area contributed by atoms with E-state index in [-0.39, 0.29) is 0 Å². The molecule has 0 bridgehead atoms. The lowest BCUT2D eigenvalue weighted by Gasteiger charge is -2.21. The van der Waals surface area contributed by atoms with Gasteiger partial charge in [0.15, 0.2) is 0 Å². The minimum atomic E-state index is 0.447. The van der Waals surface area contributed by atoms with Gasteiger partial charge in [-0.05, 0) is 90.2 Å². The highest BCUT2D eigenvalue weighted by Gasteiger charge is 2.18. The molecule has 0 atom stereocenters. The number of hydrogen-bond acceptors (Lipinski definition) is 2. The number of unbranched alkanes of at least 4 members (excludes halogenated alkanes) is 1. The molecule has 1 aliphatic rings. The van der Waals surface area contributed by atoms with Crippen LogP contribution < -0.4 is 5.73 Å². The number of rotatable bonds is 4. The molecule has 2 nitrogen and oxygen atoms in total.